The molecule has 0 fully saturated rings. The smallest absolute Gasteiger partial charge is 0.408 e. The maximum Gasteiger partial charge on any atom is 0.408 e. The SMILES string of the molecule is O=C(N[C@@H](Cc1cnc[nH]1)C(=O)NO)OCc1ccccc1. The van der Waals surface area contributed by atoms with Gasteiger partial charge in [0.15, 0.2) is 0 Å². The standard InChI is InChI=1S/C14H16N4O4/c19-13(18-21)12(6-11-7-15-9-16-11)17-14(20)22-8-10-4-2-1-3-5-10/h1-5,7,9,12,21H,6,8H2,(H,15,16)(H,17,20)(H,18,19)/t12-/m0/s1. The third kappa shape index (κ3) is 4.60. The Balaban J connectivity index is 1.88. The van der Waals surface area contributed by atoms with E-state index < -0.39 is 18.0 Å². The van der Waals surface area contributed by atoms with Crippen molar-refractivity contribution in [3.63, 3.8) is 0 Å². The van der Waals surface area contributed by atoms with Gasteiger partial charge in [0.1, 0.15) is 12.6 Å². The molecule has 0 saturated heterocycles. The number of rotatable bonds is 6. The molecule has 0 bridgehead atoms. The van der Waals surface area contributed by atoms with E-state index in [-0.39, 0.29) is 13.0 Å². The first-order valence-corrected chi connectivity index (χ1v) is 6.57. The number of benzene rings is 1. The lowest BCUT2D eigenvalue weighted by molar-refractivity contribution is -0.131. The number of amides is 2. The first-order valence-electron chi connectivity index (χ1n) is 6.57. The average molecular weight is 304 g/mol. The van der Waals surface area contributed by atoms with Crippen molar-refractivity contribution >= 4 is 12.0 Å². The van der Waals surface area contributed by atoms with E-state index in [4.69, 9.17) is 9.94 Å². The number of hydrogen-bond acceptors (Lipinski definition) is 5. The molecule has 0 saturated carbocycles. The lowest BCUT2D eigenvalue weighted by atomic mass is 10.1. The first-order chi connectivity index (χ1) is 10.7. The number of hydrogen-bond donors (Lipinski definition) is 4. The second kappa shape index (κ2) is 7.79. The Morgan fingerprint density at radius 2 is 2.09 bits per heavy atom. The molecule has 2 aromatic rings. The van der Waals surface area contributed by atoms with Crippen molar-refractivity contribution in [1.29, 1.82) is 0 Å². The summed E-state index contributed by atoms with van der Waals surface area (Å²) in [6.07, 6.45) is 2.37. The van der Waals surface area contributed by atoms with Gasteiger partial charge < -0.3 is 15.0 Å². The molecule has 2 rings (SSSR count). The molecule has 8 nitrogen and oxygen atoms in total. The topological polar surface area (TPSA) is 116 Å². The number of nitrogens with zero attached hydrogens (tertiary/aromatic N) is 1. The Morgan fingerprint density at radius 3 is 2.73 bits per heavy atom. The van der Waals surface area contributed by atoms with Gasteiger partial charge in [-0.1, -0.05) is 30.3 Å². The highest BCUT2D eigenvalue weighted by Crippen LogP contribution is 2.02. The number of aromatic amines is 1. The molecule has 1 aromatic carbocycles. The van der Waals surface area contributed by atoms with E-state index in [0.717, 1.165) is 5.56 Å². The van der Waals surface area contributed by atoms with Crippen LogP contribution in [0.2, 0.25) is 0 Å². The van der Waals surface area contributed by atoms with E-state index in [0.29, 0.717) is 5.69 Å². The molecule has 0 spiro atoms. The Labute approximate surface area is 126 Å². The van der Waals surface area contributed by atoms with Crippen LogP contribution in [0.15, 0.2) is 42.9 Å². The van der Waals surface area contributed by atoms with Gasteiger partial charge in [0.25, 0.3) is 5.91 Å². The molecular formula is C14H16N4O4. The fourth-order valence-corrected chi connectivity index (χ4v) is 1.81. The molecule has 22 heavy (non-hydrogen) atoms. The van der Waals surface area contributed by atoms with E-state index in [2.05, 4.69) is 15.3 Å². The summed E-state index contributed by atoms with van der Waals surface area (Å²) in [5.74, 6) is -0.744. The Bertz CT molecular complexity index is 601. The number of H-pyrrole nitrogens is 1. The van der Waals surface area contributed by atoms with Gasteiger partial charge in [0.2, 0.25) is 0 Å². The van der Waals surface area contributed by atoms with Gasteiger partial charge in [-0.3, -0.25) is 10.0 Å². The fraction of sp³-hybridized carbons (Fsp3) is 0.214. The van der Waals surface area contributed by atoms with E-state index in [1.165, 1.54) is 18.0 Å². The van der Waals surface area contributed by atoms with Crippen molar-refractivity contribution in [2.45, 2.75) is 19.1 Å². The Hall–Kier alpha value is -2.87. The van der Waals surface area contributed by atoms with Crippen LogP contribution in [-0.4, -0.2) is 33.2 Å². The zero-order chi connectivity index (χ0) is 15.8. The molecular weight excluding hydrogens is 288 g/mol. The van der Waals surface area contributed by atoms with Crippen LogP contribution in [-0.2, 0) is 22.6 Å². The number of carbonyl (C=O) groups is 2. The molecule has 116 valence electrons. The van der Waals surface area contributed by atoms with Crippen LogP contribution >= 0.6 is 0 Å². The minimum Gasteiger partial charge on any atom is -0.445 e. The minimum atomic E-state index is -0.978. The molecule has 2 amide bonds. The Kier molecular flexibility index (Phi) is 5.50. The van der Waals surface area contributed by atoms with Gasteiger partial charge in [0, 0.05) is 18.3 Å². The molecule has 0 unspecified atom stereocenters. The van der Waals surface area contributed by atoms with Gasteiger partial charge in [-0.25, -0.2) is 15.3 Å². The largest absolute Gasteiger partial charge is 0.445 e. The maximum absolute atomic E-state index is 11.8. The minimum absolute atomic E-state index is 0.0875. The quantitative estimate of drug-likeness (QED) is 0.464. The van der Waals surface area contributed by atoms with Crippen molar-refractivity contribution in [2.24, 2.45) is 0 Å². The second-order valence-electron chi connectivity index (χ2n) is 4.52. The molecule has 0 radical (unpaired) electrons. The number of aromatic nitrogens is 2. The molecule has 0 aliphatic carbocycles. The van der Waals surface area contributed by atoms with Gasteiger partial charge in [-0.2, -0.15) is 0 Å². The van der Waals surface area contributed by atoms with E-state index in [1.807, 2.05) is 30.3 Å². The molecule has 4 N–H and O–H groups in total. The molecule has 8 heteroatoms. The fourth-order valence-electron chi connectivity index (χ4n) is 1.81. The summed E-state index contributed by atoms with van der Waals surface area (Å²) in [4.78, 5) is 30.0. The van der Waals surface area contributed by atoms with Crippen LogP contribution in [0.5, 0.6) is 0 Å². The number of alkyl carbamates (subject to hydrolysis) is 1. The third-order valence-electron chi connectivity index (χ3n) is 2.91. The molecule has 1 heterocycles. The lowest BCUT2D eigenvalue weighted by Gasteiger charge is -2.15. The zero-order valence-corrected chi connectivity index (χ0v) is 11.7. The van der Waals surface area contributed by atoms with Gasteiger partial charge in [0.05, 0.1) is 6.33 Å². The molecule has 1 atom stereocenters. The Morgan fingerprint density at radius 1 is 1.32 bits per heavy atom. The lowest BCUT2D eigenvalue weighted by Crippen LogP contribution is -2.47. The van der Waals surface area contributed by atoms with Crippen LogP contribution in [0.1, 0.15) is 11.3 Å². The molecule has 0 aliphatic rings. The number of carbonyl (C=O) groups excluding carboxylic acids is 2. The first kappa shape index (κ1) is 15.5. The summed E-state index contributed by atoms with van der Waals surface area (Å²) in [6.45, 7) is 0.0875. The van der Waals surface area contributed by atoms with E-state index in [1.54, 1.807) is 0 Å². The third-order valence-corrected chi connectivity index (χ3v) is 2.91. The van der Waals surface area contributed by atoms with Crippen LogP contribution in [0.3, 0.4) is 0 Å². The van der Waals surface area contributed by atoms with Gasteiger partial charge in [-0.05, 0) is 5.56 Å². The van der Waals surface area contributed by atoms with Crippen LogP contribution in [0.4, 0.5) is 4.79 Å². The number of imidazole rings is 1. The number of ether oxygens (including phenoxy) is 1. The highest BCUT2D eigenvalue weighted by atomic mass is 16.5. The summed E-state index contributed by atoms with van der Waals surface area (Å²) in [6, 6.07) is 8.17. The summed E-state index contributed by atoms with van der Waals surface area (Å²) in [7, 11) is 0. The molecule has 1 aromatic heterocycles. The van der Waals surface area contributed by atoms with Crippen molar-refractivity contribution in [3.05, 3.63) is 54.1 Å². The van der Waals surface area contributed by atoms with Crippen molar-refractivity contribution in [3.8, 4) is 0 Å². The van der Waals surface area contributed by atoms with Crippen molar-refractivity contribution < 1.29 is 19.5 Å². The predicted octanol–water partition coefficient (Wildman–Crippen LogP) is 0.753. The molecule has 0 aliphatic heterocycles. The highest BCUT2D eigenvalue weighted by molar-refractivity contribution is 5.84. The summed E-state index contributed by atoms with van der Waals surface area (Å²) < 4.78 is 5.03. The average Bonchev–Trinajstić information content (AvgIpc) is 3.05. The summed E-state index contributed by atoms with van der Waals surface area (Å²) >= 11 is 0. The number of hydroxylamine groups is 1. The van der Waals surface area contributed by atoms with Gasteiger partial charge in [-0.15, -0.1) is 0 Å². The van der Waals surface area contributed by atoms with Crippen LogP contribution in [0, 0.1) is 0 Å². The van der Waals surface area contributed by atoms with E-state index >= 15 is 0 Å². The maximum atomic E-state index is 11.8. The summed E-state index contributed by atoms with van der Waals surface area (Å²) in [5, 5.41) is 11.1. The van der Waals surface area contributed by atoms with Crippen molar-refractivity contribution in [2.75, 3.05) is 0 Å². The normalized spacial score (nSPS) is 11.5. The van der Waals surface area contributed by atoms with Crippen molar-refractivity contribution in [1.82, 2.24) is 20.8 Å². The monoisotopic (exact) mass is 304 g/mol. The summed E-state index contributed by atoms with van der Waals surface area (Å²) in [5.41, 5.74) is 2.98. The van der Waals surface area contributed by atoms with Crippen LogP contribution in [0.25, 0.3) is 0 Å². The van der Waals surface area contributed by atoms with Crippen LogP contribution < -0.4 is 10.8 Å². The zero-order valence-electron chi connectivity index (χ0n) is 11.7. The second-order valence-corrected chi connectivity index (χ2v) is 4.52. The highest BCUT2D eigenvalue weighted by Gasteiger charge is 2.22. The van der Waals surface area contributed by atoms with E-state index in [9.17, 15) is 9.59 Å². The predicted molar refractivity (Wildman–Crippen MR) is 75.8 cm³/mol. The number of nitrogens with one attached hydrogen (secondary N) is 3. The van der Waals surface area contributed by atoms with Gasteiger partial charge >= 0.3 is 6.09 Å².